The summed E-state index contributed by atoms with van der Waals surface area (Å²) in [5.74, 6) is 1.06. The Hall–Kier alpha value is -1.49. The van der Waals surface area contributed by atoms with E-state index in [9.17, 15) is 4.39 Å². The maximum Gasteiger partial charge on any atom is 0.222 e. The standard InChI is InChI=1S/C12H10BrFN2O/c1-7-5-12(16-8(2)15-7)17-11-6-9(14)3-4-10(11)13/h3-6H,1-2H3. The summed E-state index contributed by atoms with van der Waals surface area (Å²) in [4.78, 5) is 8.26. The van der Waals surface area contributed by atoms with Crippen molar-refractivity contribution in [3.05, 3.63) is 46.1 Å². The van der Waals surface area contributed by atoms with E-state index < -0.39 is 0 Å². The molecule has 3 nitrogen and oxygen atoms in total. The molecule has 1 heterocycles. The second-order valence-electron chi connectivity index (χ2n) is 3.57. The smallest absolute Gasteiger partial charge is 0.222 e. The molecule has 0 aliphatic carbocycles. The highest BCUT2D eigenvalue weighted by Crippen LogP contribution is 2.29. The van der Waals surface area contributed by atoms with Crippen LogP contribution in [0.4, 0.5) is 4.39 Å². The van der Waals surface area contributed by atoms with Crippen LogP contribution in [0.1, 0.15) is 11.5 Å². The van der Waals surface area contributed by atoms with Crippen molar-refractivity contribution in [3.63, 3.8) is 0 Å². The Morgan fingerprint density at radius 3 is 2.65 bits per heavy atom. The molecule has 0 aliphatic rings. The first-order chi connectivity index (χ1) is 8.04. The zero-order valence-electron chi connectivity index (χ0n) is 9.37. The van der Waals surface area contributed by atoms with E-state index in [4.69, 9.17) is 4.74 Å². The fraction of sp³-hybridized carbons (Fsp3) is 0.167. The number of aromatic nitrogens is 2. The number of nitrogens with zero attached hydrogens (tertiary/aromatic N) is 2. The molecule has 0 atom stereocenters. The molecule has 0 spiro atoms. The third kappa shape index (κ3) is 3.00. The van der Waals surface area contributed by atoms with Crippen molar-refractivity contribution in [2.75, 3.05) is 0 Å². The van der Waals surface area contributed by atoms with Crippen molar-refractivity contribution >= 4 is 15.9 Å². The van der Waals surface area contributed by atoms with Crippen LogP contribution in [0.5, 0.6) is 11.6 Å². The summed E-state index contributed by atoms with van der Waals surface area (Å²) in [7, 11) is 0. The third-order valence-corrected chi connectivity index (χ3v) is 2.71. The third-order valence-electron chi connectivity index (χ3n) is 2.05. The molecule has 0 saturated carbocycles. The molecule has 1 aromatic heterocycles. The number of rotatable bonds is 2. The van der Waals surface area contributed by atoms with E-state index in [0.29, 0.717) is 21.9 Å². The Kier molecular flexibility index (Phi) is 3.38. The van der Waals surface area contributed by atoms with E-state index in [1.54, 1.807) is 19.1 Å². The lowest BCUT2D eigenvalue weighted by atomic mass is 10.3. The molecule has 0 amide bonds. The number of aryl methyl sites for hydroxylation is 2. The fourth-order valence-electron chi connectivity index (χ4n) is 1.40. The number of halogens is 2. The summed E-state index contributed by atoms with van der Waals surface area (Å²) in [5, 5.41) is 0. The molecule has 5 heteroatoms. The molecule has 0 unspecified atom stereocenters. The van der Waals surface area contributed by atoms with Gasteiger partial charge in [0.1, 0.15) is 17.4 Å². The van der Waals surface area contributed by atoms with E-state index in [-0.39, 0.29) is 5.82 Å². The van der Waals surface area contributed by atoms with Crippen molar-refractivity contribution in [2.45, 2.75) is 13.8 Å². The van der Waals surface area contributed by atoms with Crippen molar-refractivity contribution in [3.8, 4) is 11.6 Å². The average Bonchev–Trinajstić information content (AvgIpc) is 2.22. The van der Waals surface area contributed by atoms with E-state index in [1.165, 1.54) is 12.1 Å². The fourth-order valence-corrected chi connectivity index (χ4v) is 1.73. The van der Waals surface area contributed by atoms with Gasteiger partial charge in [-0.1, -0.05) is 0 Å². The average molecular weight is 297 g/mol. The summed E-state index contributed by atoms with van der Waals surface area (Å²) in [6, 6.07) is 5.94. The zero-order chi connectivity index (χ0) is 12.4. The van der Waals surface area contributed by atoms with E-state index in [1.807, 2.05) is 6.92 Å². The van der Waals surface area contributed by atoms with Crippen LogP contribution in [-0.2, 0) is 0 Å². The topological polar surface area (TPSA) is 35.0 Å². The summed E-state index contributed by atoms with van der Waals surface area (Å²) in [5.41, 5.74) is 0.806. The maximum atomic E-state index is 13.1. The molecular formula is C12H10BrFN2O. The van der Waals surface area contributed by atoms with E-state index in [0.717, 1.165) is 5.69 Å². The van der Waals surface area contributed by atoms with Gasteiger partial charge in [-0.3, -0.25) is 0 Å². The number of benzene rings is 1. The lowest BCUT2D eigenvalue weighted by Crippen LogP contribution is -1.95. The lowest BCUT2D eigenvalue weighted by molar-refractivity contribution is 0.451. The Bertz CT molecular complexity index is 540. The number of hydrogen-bond acceptors (Lipinski definition) is 3. The normalized spacial score (nSPS) is 10.4. The molecule has 0 aliphatic heterocycles. The number of hydrogen-bond donors (Lipinski definition) is 0. The first-order valence-corrected chi connectivity index (χ1v) is 5.79. The minimum atomic E-state index is -0.356. The highest BCUT2D eigenvalue weighted by Gasteiger charge is 2.06. The molecule has 2 aromatic rings. The Morgan fingerprint density at radius 1 is 1.18 bits per heavy atom. The van der Waals surface area contributed by atoms with E-state index >= 15 is 0 Å². The molecule has 0 fully saturated rings. The molecule has 1 aromatic carbocycles. The van der Waals surface area contributed by atoms with Gasteiger partial charge in [0, 0.05) is 17.8 Å². The van der Waals surface area contributed by atoms with Gasteiger partial charge in [0.25, 0.3) is 0 Å². The van der Waals surface area contributed by atoms with Crippen molar-refractivity contribution in [2.24, 2.45) is 0 Å². The van der Waals surface area contributed by atoms with Crippen LogP contribution in [0.2, 0.25) is 0 Å². The van der Waals surface area contributed by atoms with Crippen LogP contribution in [-0.4, -0.2) is 9.97 Å². The van der Waals surface area contributed by atoms with Crippen LogP contribution in [0.25, 0.3) is 0 Å². The first kappa shape index (κ1) is 12.0. The number of ether oxygens (including phenoxy) is 1. The van der Waals surface area contributed by atoms with Crippen molar-refractivity contribution in [1.82, 2.24) is 9.97 Å². The lowest BCUT2D eigenvalue weighted by Gasteiger charge is -2.07. The van der Waals surface area contributed by atoms with Crippen LogP contribution in [0.15, 0.2) is 28.7 Å². The second-order valence-corrected chi connectivity index (χ2v) is 4.43. The molecule has 0 saturated heterocycles. The summed E-state index contributed by atoms with van der Waals surface area (Å²) < 4.78 is 19.3. The highest BCUT2D eigenvalue weighted by molar-refractivity contribution is 9.10. The molecule has 0 N–H and O–H groups in total. The van der Waals surface area contributed by atoms with Gasteiger partial charge in [-0.05, 0) is 41.9 Å². The van der Waals surface area contributed by atoms with E-state index in [2.05, 4.69) is 25.9 Å². The predicted molar refractivity (Wildman–Crippen MR) is 65.7 cm³/mol. The monoisotopic (exact) mass is 296 g/mol. The quantitative estimate of drug-likeness (QED) is 0.846. The van der Waals surface area contributed by atoms with Gasteiger partial charge in [0.15, 0.2) is 0 Å². The summed E-state index contributed by atoms with van der Waals surface area (Å²) in [6.45, 7) is 3.63. The Labute approximate surface area is 107 Å². The van der Waals surface area contributed by atoms with Crippen molar-refractivity contribution in [1.29, 1.82) is 0 Å². The predicted octanol–water partition coefficient (Wildman–Crippen LogP) is 3.79. The largest absolute Gasteiger partial charge is 0.438 e. The van der Waals surface area contributed by atoms with Gasteiger partial charge >= 0.3 is 0 Å². The van der Waals surface area contributed by atoms with Crippen molar-refractivity contribution < 1.29 is 9.13 Å². The molecule has 2 rings (SSSR count). The van der Waals surface area contributed by atoms with Crippen LogP contribution in [0.3, 0.4) is 0 Å². The Morgan fingerprint density at radius 2 is 1.94 bits per heavy atom. The van der Waals surface area contributed by atoms with Crippen LogP contribution in [0, 0.1) is 19.7 Å². The molecular weight excluding hydrogens is 287 g/mol. The zero-order valence-corrected chi connectivity index (χ0v) is 11.0. The second kappa shape index (κ2) is 4.79. The van der Waals surface area contributed by atoms with Gasteiger partial charge in [0.2, 0.25) is 5.88 Å². The molecule has 0 bridgehead atoms. The van der Waals surface area contributed by atoms with Gasteiger partial charge in [-0.15, -0.1) is 0 Å². The molecule has 17 heavy (non-hydrogen) atoms. The summed E-state index contributed by atoms with van der Waals surface area (Å²) >= 11 is 3.29. The Balaban J connectivity index is 2.34. The van der Waals surface area contributed by atoms with Gasteiger partial charge in [0.05, 0.1) is 4.47 Å². The van der Waals surface area contributed by atoms with Gasteiger partial charge in [-0.25, -0.2) is 9.37 Å². The van der Waals surface area contributed by atoms with Gasteiger partial charge in [-0.2, -0.15) is 4.98 Å². The minimum absolute atomic E-state index is 0.356. The van der Waals surface area contributed by atoms with Crippen LogP contribution >= 0.6 is 15.9 Å². The molecule has 88 valence electrons. The minimum Gasteiger partial charge on any atom is -0.438 e. The van der Waals surface area contributed by atoms with Gasteiger partial charge < -0.3 is 4.74 Å². The summed E-state index contributed by atoms with van der Waals surface area (Å²) in [6.07, 6.45) is 0. The highest BCUT2D eigenvalue weighted by atomic mass is 79.9. The SMILES string of the molecule is Cc1cc(Oc2cc(F)ccc2Br)nc(C)n1. The maximum absolute atomic E-state index is 13.1. The first-order valence-electron chi connectivity index (χ1n) is 5.00. The molecule has 0 radical (unpaired) electrons. The van der Waals surface area contributed by atoms with Crippen LogP contribution < -0.4 is 4.74 Å².